The first-order valence-electron chi connectivity index (χ1n) is 13.9. The molecule has 3 aliphatic carbocycles. The lowest BCUT2D eigenvalue weighted by Gasteiger charge is -2.33. The molecule has 0 radical (unpaired) electrons. The van der Waals surface area contributed by atoms with E-state index in [0.717, 1.165) is 12.8 Å². The highest BCUT2D eigenvalue weighted by molar-refractivity contribution is 5.82. The summed E-state index contributed by atoms with van der Waals surface area (Å²) in [5.74, 6) is -4.17. The second-order valence-corrected chi connectivity index (χ2v) is 11.5. The lowest BCUT2D eigenvalue weighted by molar-refractivity contribution is -0.144. The van der Waals surface area contributed by atoms with Crippen molar-refractivity contribution in [2.45, 2.75) is 88.4 Å². The highest BCUT2D eigenvalue weighted by Crippen LogP contribution is 2.45. The summed E-state index contributed by atoms with van der Waals surface area (Å²) < 4.78 is 79.7. The molecular formula is C27H33F6N5O2. The molecule has 2 aromatic rings. The number of aromatic nitrogens is 3. The Morgan fingerprint density at radius 3 is 2.42 bits per heavy atom. The molecule has 0 aromatic carbocycles. The van der Waals surface area contributed by atoms with Gasteiger partial charge in [0.1, 0.15) is 0 Å². The van der Waals surface area contributed by atoms with Crippen LogP contribution >= 0.6 is 0 Å². The topological polar surface area (TPSA) is 88.4 Å². The number of alkyl halides is 6. The van der Waals surface area contributed by atoms with Crippen molar-refractivity contribution in [2.75, 3.05) is 6.67 Å². The first kappa shape index (κ1) is 28.7. The number of hydrogen-bond donors (Lipinski definition) is 2. The smallest absolute Gasteiger partial charge is 0.349 e. The minimum absolute atomic E-state index is 0.0164. The van der Waals surface area contributed by atoms with Gasteiger partial charge in [0, 0.05) is 25.2 Å². The fourth-order valence-corrected chi connectivity index (χ4v) is 5.75. The number of carbonyl (C=O) groups is 2. The van der Waals surface area contributed by atoms with Crippen LogP contribution in [0.15, 0.2) is 18.5 Å². The van der Waals surface area contributed by atoms with Crippen molar-refractivity contribution >= 4 is 17.5 Å². The molecule has 2 amide bonds. The number of fused-ring (bicyclic) bond motifs is 1. The van der Waals surface area contributed by atoms with E-state index in [9.17, 15) is 35.9 Å². The molecular weight excluding hydrogens is 540 g/mol. The normalized spacial score (nSPS) is 24.4. The zero-order chi connectivity index (χ0) is 28.7. The molecule has 2 N–H and O–H groups in total. The highest BCUT2D eigenvalue weighted by Gasteiger charge is 2.45. The molecule has 7 nitrogen and oxygen atoms in total. The van der Waals surface area contributed by atoms with Crippen molar-refractivity contribution in [3.63, 3.8) is 0 Å². The van der Waals surface area contributed by atoms with Crippen molar-refractivity contribution in [1.82, 2.24) is 25.2 Å². The van der Waals surface area contributed by atoms with Gasteiger partial charge in [0.25, 0.3) is 0 Å². The van der Waals surface area contributed by atoms with E-state index in [1.807, 2.05) is 0 Å². The molecule has 0 saturated heterocycles. The predicted molar refractivity (Wildman–Crippen MR) is 132 cm³/mol. The van der Waals surface area contributed by atoms with Crippen LogP contribution in [0.4, 0.5) is 26.3 Å². The lowest BCUT2D eigenvalue weighted by Crippen LogP contribution is -2.38. The second kappa shape index (κ2) is 11.2. The van der Waals surface area contributed by atoms with Crippen LogP contribution in [0.1, 0.15) is 87.5 Å². The van der Waals surface area contributed by atoms with Gasteiger partial charge in [0.2, 0.25) is 17.7 Å². The summed E-state index contributed by atoms with van der Waals surface area (Å²) in [6, 6.07) is 0.578. The molecule has 3 aliphatic rings. The molecule has 220 valence electrons. The Morgan fingerprint density at radius 2 is 1.77 bits per heavy atom. The second-order valence-electron chi connectivity index (χ2n) is 11.5. The number of amides is 2. The van der Waals surface area contributed by atoms with E-state index in [1.54, 1.807) is 12.3 Å². The molecule has 13 heteroatoms. The number of rotatable bonds is 11. The van der Waals surface area contributed by atoms with E-state index in [1.165, 1.54) is 10.7 Å². The fraction of sp³-hybridized carbons (Fsp3) is 0.704. The number of hydrogen-bond acceptors (Lipinski definition) is 4. The van der Waals surface area contributed by atoms with Crippen LogP contribution in [0.5, 0.6) is 0 Å². The van der Waals surface area contributed by atoms with Gasteiger partial charge in [0.15, 0.2) is 5.65 Å². The summed E-state index contributed by atoms with van der Waals surface area (Å²) in [7, 11) is 0. The van der Waals surface area contributed by atoms with Crippen molar-refractivity contribution in [3.8, 4) is 0 Å². The van der Waals surface area contributed by atoms with Gasteiger partial charge in [-0.15, -0.1) is 0 Å². The summed E-state index contributed by atoms with van der Waals surface area (Å²) in [5.41, 5.74) is 1.48. The van der Waals surface area contributed by atoms with Gasteiger partial charge in [-0.1, -0.05) is 0 Å². The molecule has 2 aromatic heterocycles. The maximum absolute atomic E-state index is 13.9. The number of nitrogens with zero attached hydrogens (tertiary/aromatic N) is 3. The molecule has 0 spiro atoms. The summed E-state index contributed by atoms with van der Waals surface area (Å²) in [6.45, 7) is -0.499. The first-order chi connectivity index (χ1) is 18.9. The average molecular weight is 574 g/mol. The van der Waals surface area contributed by atoms with Gasteiger partial charge >= 0.3 is 6.18 Å². The van der Waals surface area contributed by atoms with Gasteiger partial charge in [-0.25, -0.2) is 18.3 Å². The van der Waals surface area contributed by atoms with E-state index in [0.29, 0.717) is 29.7 Å². The Morgan fingerprint density at radius 1 is 1.07 bits per heavy atom. The number of imidazole rings is 1. The molecule has 3 saturated carbocycles. The van der Waals surface area contributed by atoms with E-state index in [2.05, 4.69) is 20.7 Å². The Kier molecular flexibility index (Phi) is 8.02. The summed E-state index contributed by atoms with van der Waals surface area (Å²) in [4.78, 5) is 29.9. The van der Waals surface area contributed by atoms with Crippen LogP contribution in [0, 0.1) is 23.7 Å². The summed E-state index contributed by atoms with van der Waals surface area (Å²) >= 11 is 0. The fourth-order valence-electron chi connectivity index (χ4n) is 5.75. The number of nitrogens with one attached hydrogen (secondary N) is 2. The lowest BCUT2D eigenvalue weighted by atomic mass is 9.81. The van der Waals surface area contributed by atoms with Gasteiger partial charge in [0.05, 0.1) is 43.3 Å². The Balaban J connectivity index is 1.35. The standard InChI is InChI=1S/C27H33F6N5O2/c28-10-6-17-11-19(17)25(40)37-24(16-3-7-26(29,30)8-4-16)20-14-38-21(35-20)12-18(13-34-38)23(15-1-2-15)36-22(39)5-9-27(31,32)33/h12-17,19,23-24H,1-11H2,(H,36,39)(H,37,40)/t17-,19-,23?,24-/m0/s1. The first-order valence-corrected chi connectivity index (χ1v) is 13.9. The van der Waals surface area contributed by atoms with Crippen molar-refractivity contribution in [2.24, 2.45) is 23.7 Å². The molecule has 0 bridgehead atoms. The quantitative estimate of drug-likeness (QED) is 0.342. The molecule has 0 aliphatic heterocycles. The molecule has 5 rings (SSSR count). The zero-order valence-electron chi connectivity index (χ0n) is 21.9. The third-order valence-corrected chi connectivity index (χ3v) is 8.35. The van der Waals surface area contributed by atoms with Crippen LogP contribution in [0.25, 0.3) is 5.65 Å². The molecule has 3 fully saturated rings. The summed E-state index contributed by atoms with van der Waals surface area (Å²) in [5, 5.41) is 10.1. The third-order valence-electron chi connectivity index (χ3n) is 8.35. The molecule has 1 unspecified atom stereocenters. The molecule has 4 atom stereocenters. The van der Waals surface area contributed by atoms with E-state index in [-0.39, 0.29) is 55.3 Å². The van der Waals surface area contributed by atoms with Crippen LogP contribution in [0.2, 0.25) is 0 Å². The average Bonchev–Trinajstić information content (AvgIpc) is 3.82. The van der Waals surface area contributed by atoms with Gasteiger partial charge in [-0.05, 0) is 67.9 Å². The van der Waals surface area contributed by atoms with E-state index < -0.39 is 49.6 Å². The van der Waals surface area contributed by atoms with Gasteiger partial charge < -0.3 is 10.6 Å². The Hall–Kier alpha value is -2.86. The SMILES string of the molecule is O=C(CCC(F)(F)F)NC(c1cnn2cc([C@@H](NC(=O)[C@H]3C[C@@H]3CCF)C3CCC(F)(F)CC3)nc2c1)C1CC1. The maximum Gasteiger partial charge on any atom is 0.389 e. The van der Waals surface area contributed by atoms with E-state index in [4.69, 9.17) is 0 Å². The van der Waals surface area contributed by atoms with Crippen LogP contribution < -0.4 is 10.6 Å². The van der Waals surface area contributed by atoms with Crippen molar-refractivity contribution < 1.29 is 35.9 Å². The zero-order valence-corrected chi connectivity index (χ0v) is 21.9. The maximum atomic E-state index is 13.9. The minimum atomic E-state index is -4.42. The molecule has 40 heavy (non-hydrogen) atoms. The van der Waals surface area contributed by atoms with Crippen LogP contribution in [-0.4, -0.2) is 45.2 Å². The Bertz CT molecular complexity index is 1220. The highest BCUT2D eigenvalue weighted by atomic mass is 19.4. The van der Waals surface area contributed by atoms with E-state index >= 15 is 0 Å². The number of halogens is 6. The third kappa shape index (κ3) is 7.06. The molecule has 2 heterocycles. The minimum Gasteiger partial charge on any atom is -0.349 e. The van der Waals surface area contributed by atoms with Gasteiger partial charge in [-0.2, -0.15) is 18.3 Å². The van der Waals surface area contributed by atoms with Gasteiger partial charge in [-0.3, -0.25) is 14.0 Å². The monoisotopic (exact) mass is 573 g/mol. The van der Waals surface area contributed by atoms with Crippen molar-refractivity contribution in [1.29, 1.82) is 0 Å². The van der Waals surface area contributed by atoms with Crippen molar-refractivity contribution in [3.05, 3.63) is 29.7 Å². The van der Waals surface area contributed by atoms with Crippen LogP contribution in [-0.2, 0) is 9.59 Å². The Labute approximate surface area is 227 Å². The predicted octanol–water partition coefficient (Wildman–Crippen LogP) is 5.62. The summed E-state index contributed by atoms with van der Waals surface area (Å²) in [6.07, 6.45) is -0.732. The van der Waals surface area contributed by atoms with Crippen LogP contribution in [0.3, 0.4) is 0 Å². The number of carbonyl (C=O) groups excluding carboxylic acids is 2. The largest absolute Gasteiger partial charge is 0.389 e.